The number of benzene rings is 2. The van der Waals surface area contributed by atoms with Crippen molar-refractivity contribution in [2.75, 3.05) is 26.3 Å². The molecule has 1 N–H and O–H groups in total. The Balaban J connectivity index is 0.000000267. The first kappa shape index (κ1) is 38.6. The number of phenolic OH excluding ortho intramolecular Hbond substituents is 1. The van der Waals surface area contributed by atoms with Crippen LogP contribution in [0, 0.1) is 11.6 Å². The predicted molar refractivity (Wildman–Crippen MR) is 170 cm³/mol. The lowest BCUT2D eigenvalue weighted by Crippen LogP contribution is -2.52. The maximum Gasteiger partial charge on any atom is 0.534 e. The van der Waals surface area contributed by atoms with Crippen LogP contribution in [0.2, 0.25) is 0 Å². The number of rotatable bonds is 8. The molecule has 0 aromatic heterocycles. The Kier molecular flexibility index (Phi) is 12.1. The largest absolute Gasteiger partial charge is 0.534 e. The van der Waals surface area contributed by atoms with E-state index in [4.69, 9.17) is 9.47 Å². The molecule has 266 valence electrons. The Morgan fingerprint density at radius 2 is 1.21 bits per heavy atom. The minimum absolute atomic E-state index is 0.0183. The van der Waals surface area contributed by atoms with Crippen LogP contribution in [0.4, 0.5) is 22.0 Å². The molecule has 0 aliphatic carbocycles. The molecule has 0 spiro atoms. The molecule has 14 heteroatoms. The summed E-state index contributed by atoms with van der Waals surface area (Å²) in [4.78, 5) is 4.48. The van der Waals surface area contributed by atoms with E-state index in [1.54, 1.807) is 0 Å². The van der Waals surface area contributed by atoms with Crippen molar-refractivity contribution in [1.29, 1.82) is 0 Å². The molecule has 0 radical (unpaired) electrons. The van der Waals surface area contributed by atoms with E-state index in [1.807, 2.05) is 27.7 Å². The SMILES string of the molecule is CCCN([C@H]1COc2c(F)ccc(O)c2C1)C(C)(C)C.CCCN([C@H]1COc2c(F)ccc(OS(=O)(=O)C(F)(F)F)c2C1)C(C)(C)C. The first-order valence-electron chi connectivity index (χ1n) is 15.7. The average Bonchev–Trinajstić information content (AvgIpc) is 2.96. The number of phenols is 1. The van der Waals surface area contributed by atoms with E-state index < -0.39 is 33.0 Å². The minimum atomic E-state index is -5.87. The van der Waals surface area contributed by atoms with Gasteiger partial charge in [0.05, 0.1) is 0 Å². The highest BCUT2D eigenvalue weighted by Gasteiger charge is 2.49. The summed E-state index contributed by atoms with van der Waals surface area (Å²) in [5.74, 6) is -1.68. The molecule has 2 aromatic rings. The van der Waals surface area contributed by atoms with Gasteiger partial charge in [-0.3, -0.25) is 9.80 Å². The van der Waals surface area contributed by atoms with E-state index in [9.17, 15) is 35.5 Å². The zero-order valence-corrected chi connectivity index (χ0v) is 29.1. The van der Waals surface area contributed by atoms with Crippen molar-refractivity contribution in [2.45, 2.75) is 110 Å². The van der Waals surface area contributed by atoms with E-state index in [-0.39, 0.29) is 59.0 Å². The second-order valence-corrected chi connectivity index (χ2v) is 15.3. The van der Waals surface area contributed by atoms with Gasteiger partial charge in [-0.2, -0.15) is 21.6 Å². The van der Waals surface area contributed by atoms with Crippen LogP contribution in [-0.4, -0.2) is 78.3 Å². The number of halogens is 5. The molecule has 2 aliphatic rings. The normalized spacial score (nSPS) is 18.4. The third-order valence-electron chi connectivity index (χ3n) is 8.09. The molecule has 0 bridgehead atoms. The van der Waals surface area contributed by atoms with E-state index in [0.29, 0.717) is 25.1 Å². The van der Waals surface area contributed by atoms with Crippen molar-refractivity contribution >= 4 is 10.1 Å². The monoisotopic (exact) mass is 694 g/mol. The number of fused-ring (bicyclic) bond motifs is 2. The van der Waals surface area contributed by atoms with Gasteiger partial charge < -0.3 is 18.8 Å². The van der Waals surface area contributed by atoms with Crippen LogP contribution < -0.4 is 13.7 Å². The van der Waals surface area contributed by atoms with Crippen LogP contribution in [0.1, 0.15) is 79.4 Å². The Morgan fingerprint density at radius 3 is 1.64 bits per heavy atom. The number of hydrogen-bond donors (Lipinski definition) is 1. The van der Waals surface area contributed by atoms with E-state index in [1.165, 1.54) is 12.1 Å². The number of ether oxygens (including phenoxy) is 2. The van der Waals surface area contributed by atoms with Crippen LogP contribution in [0.3, 0.4) is 0 Å². The molecule has 2 atom stereocenters. The Morgan fingerprint density at radius 1 is 0.787 bits per heavy atom. The molecular weight excluding hydrogens is 647 g/mol. The summed E-state index contributed by atoms with van der Waals surface area (Å²) in [6.07, 6.45) is 2.61. The van der Waals surface area contributed by atoms with E-state index in [2.05, 4.69) is 41.7 Å². The highest BCUT2D eigenvalue weighted by Crippen LogP contribution is 2.40. The highest BCUT2D eigenvalue weighted by molar-refractivity contribution is 7.88. The van der Waals surface area contributed by atoms with Gasteiger partial charge in [0.2, 0.25) is 0 Å². The number of alkyl halides is 3. The maximum absolute atomic E-state index is 14.1. The standard InChI is InChI=1S/C17H23F4NO4S.C16H24FNO2/c1-5-8-22(16(2,3)4)11-9-12-14(26-27(23,24)17(19,20)21)7-6-13(18)15(12)25-10-11;1-5-8-18(16(2,3)4)11-9-12-14(19)7-6-13(17)15(12)20-10-11/h6-7,11H,5,8-10H2,1-4H3;6-7,11,19H,5,8-10H2,1-4H3/t2*11-/m11/s1. The molecule has 4 rings (SSSR count). The van der Waals surface area contributed by atoms with Gasteiger partial charge in [-0.1, -0.05) is 13.8 Å². The number of aromatic hydroxyl groups is 1. The molecule has 8 nitrogen and oxygen atoms in total. The van der Waals surface area contributed by atoms with Gasteiger partial charge in [-0.15, -0.1) is 0 Å². The van der Waals surface area contributed by atoms with Crippen molar-refractivity contribution in [3.05, 3.63) is 47.0 Å². The molecule has 47 heavy (non-hydrogen) atoms. The minimum Gasteiger partial charge on any atom is -0.508 e. The summed E-state index contributed by atoms with van der Waals surface area (Å²) in [6, 6.07) is 4.26. The van der Waals surface area contributed by atoms with Crippen LogP contribution >= 0.6 is 0 Å². The van der Waals surface area contributed by atoms with E-state index in [0.717, 1.165) is 31.5 Å². The summed E-state index contributed by atoms with van der Waals surface area (Å²) < 4.78 is 104. The summed E-state index contributed by atoms with van der Waals surface area (Å²) in [6.45, 7) is 18.8. The van der Waals surface area contributed by atoms with Crippen molar-refractivity contribution in [3.8, 4) is 23.0 Å². The van der Waals surface area contributed by atoms with Crippen molar-refractivity contribution in [1.82, 2.24) is 9.80 Å². The van der Waals surface area contributed by atoms with E-state index >= 15 is 0 Å². The Hall–Kier alpha value is -2.84. The summed E-state index contributed by atoms with van der Waals surface area (Å²) in [5.41, 5.74) is -5.27. The molecule has 2 heterocycles. The summed E-state index contributed by atoms with van der Waals surface area (Å²) in [7, 11) is -5.87. The Labute approximate surface area is 274 Å². The molecule has 0 unspecified atom stereocenters. The third kappa shape index (κ3) is 9.20. The van der Waals surface area contributed by atoms with Gasteiger partial charge in [0, 0.05) is 34.3 Å². The van der Waals surface area contributed by atoms with Crippen LogP contribution in [0.25, 0.3) is 0 Å². The quantitative estimate of drug-likeness (QED) is 0.176. The zero-order valence-electron chi connectivity index (χ0n) is 28.3. The molecule has 0 saturated heterocycles. The van der Waals surface area contributed by atoms with Crippen molar-refractivity contribution < 1.29 is 49.1 Å². The lowest BCUT2D eigenvalue weighted by molar-refractivity contribution is -0.0500. The lowest BCUT2D eigenvalue weighted by Gasteiger charge is -2.43. The molecule has 0 amide bonds. The fourth-order valence-corrected chi connectivity index (χ4v) is 6.56. The fourth-order valence-electron chi connectivity index (χ4n) is 6.08. The Bertz CT molecular complexity index is 1490. The van der Waals surface area contributed by atoms with Gasteiger partial charge >= 0.3 is 15.6 Å². The first-order valence-corrected chi connectivity index (χ1v) is 17.1. The number of hydrogen-bond acceptors (Lipinski definition) is 8. The molecule has 0 fully saturated rings. The summed E-state index contributed by atoms with van der Waals surface area (Å²) >= 11 is 0. The third-order valence-corrected chi connectivity index (χ3v) is 9.06. The first-order chi connectivity index (χ1) is 21.6. The van der Waals surface area contributed by atoms with Gasteiger partial charge in [0.25, 0.3) is 0 Å². The van der Waals surface area contributed by atoms with Crippen LogP contribution in [0.5, 0.6) is 23.0 Å². The maximum atomic E-state index is 14.1. The predicted octanol–water partition coefficient (Wildman–Crippen LogP) is 7.21. The molecule has 2 aromatic carbocycles. The average molecular weight is 695 g/mol. The lowest BCUT2D eigenvalue weighted by atomic mass is 9.95. The second kappa shape index (κ2) is 14.7. The molecular formula is C33H47F5N2O6S. The molecule has 2 aliphatic heterocycles. The van der Waals surface area contributed by atoms with Crippen molar-refractivity contribution in [3.63, 3.8) is 0 Å². The topological polar surface area (TPSA) is 88.5 Å². The van der Waals surface area contributed by atoms with Gasteiger partial charge in [-0.05, 0) is 105 Å². The molecule has 0 saturated carbocycles. The van der Waals surface area contributed by atoms with Crippen LogP contribution in [0.15, 0.2) is 24.3 Å². The second-order valence-electron chi connectivity index (χ2n) is 13.8. The smallest absolute Gasteiger partial charge is 0.508 e. The van der Waals surface area contributed by atoms with Crippen LogP contribution in [-0.2, 0) is 23.0 Å². The number of nitrogens with zero attached hydrogens (tertiary/aromatic N) is 2. The highest BCUT2D eigenvalue weighted by atomic mass is 32.2. The van der Waals surface area contributed by atoms with Gasteiger partial charge in [-0.25, -0.2) is 8.78 Å². The van der Waals surface area contributed by atoms with Crippen molar-refractivity contribution in [2.24, 2.45) is 0 Å². The van der Waals surface area contributed by atoms with Gasteiger partial charge in [0.15, 0.2) is 23.1 Å². The van der Waals surface area contributed by atoms with Gasteiger partial charge in [0.1, 0.15) is 24.7 Å². The summed E-state index contributed by atoms with van der Waals surface area (Å²) in [5, 5.41) is 9.95. The zero-order chi connectivity index (χ0) is 35.5. The fraction of sp³-hybridized carbons (Fsp3) is 0.636.